The molecule has 4 nitrogen and oxygen atoms in total. The summed E-state index contributed by atoms with van der Waals surface area (Å²) in [5.74, 6) is 1.37. The number of aromatic nitrogens is 1. The molecule has 2 heterocycles. The van der Waals surface area contributed by atoms with Gasteiger partial charge in [-0.25, -0.2) is 4.98 Å². The van der Waals surface area contributed by atoms with Gasteiger partial charge in [0, 0.05) is 31.7 Å². The van der Waals surface area contributed by atoms with Gasteiger partial charge in [-0.2, -0.15) is 0 Å². The average molecular weight is 285 g/mol. The number of hydrogen-bond acceptors (Lipinski definition) is 3. The van der Waals surface area contributed by atoms with Crippen molar-refractivity contribution < 1.29 is 4.79 Å². The largest absolute Gasteiger partial charge is 0.357 e. The Labute approximate surface area is 126 Å². The maximum Gasteiger partial charge on any atom is 0.223 e. The van der Waals surface area contributed by atoms with E-state index in [9.17, 15) is 4.79 Å². The molecule has 2 aliphatic rings. The fourth-order valence-corrected chi connectivity index (χ4v) is 3.02. The van der Waals surface area contributed by atoms with E-state index in [-0.39, 0.29) is 11.8 Å². The predicted molar refractivity (Wildman–Crippen MR) is 84.0 cm³/mol. The quantitative estimate of drug-likeness (QED) is 0.865. The van der Waals surface area contributed by atoms with Crippen molar-refractivity contribution in [3.63, 3.8) is 0 Å². The monoisotopic (exact) mass is 285 g/mol. The first kappa shape index (κ1) is 14.1. The van der Waals surface area contributed by atoms with Crippen LogP contribution in [0.5, 0.6) is 0 Å². The molecule has 0 spiro atoms. The van der Waals surface area contributed by atoms with E-state index in [1.807, 2.05) is 6.20 Å². The lowest BCUT2D eigenvalue weighted by molar-refractivity contribution is -0.125. The van der Waals surface area contributed by atoms with Crippen LogP contribution in [0.4, 0.5) is 5.82 Å². The van der Waals surface area contributed by atoms with Crippen LogP contribution < -0.4 is 10.2 Å². The molecular weight excluding hydrogens is 262 g/mol. The Morgan fingerprint density at radius 3 is 2.81 bits per heavy atom. The summed E-state index contributed by atoms with van der Waals surface area (Å²) in [6, 6.07) is 4.14. The van der Waals surface area contributed by atoms with Crippen LogP contribution in [0.2, 0.25) is 0 Å². The first-order valence-corrected chi connectivity index (χ1v) is 7.95. The lowest BCUT2D eigenvalue weighted by atomic mass is 9.93. The zero-order valence-electron chi connectivity index (χ0n) is 12.4. The molecule has 1 aliphatic heterocycles. The summed E-state index contributed by atoms with van der Waals surface area (Å²) in [4.78, 5) is 18.9. The molecule has 1 aromatic heterocycles. The Hall–Kier alpha value is -1.84. The Balaban J connectivity index is 1.50. The molecule has 1 aromatic rings. The summed E-state index contributed by atoms with van der Waals surface area (Å²) in [5, 5.41) is 3.03. The minimum atomic E-state index is 0.145. The van der Waals surface area contributed by atoms with Crippen molar-refractivity contribution in [3.8, 4) is 0 Å². The second-order valence-electron chi connectivity index (χ2n) is 5.92. The van der Waals surface area contributed by atoms with Crippen molar-refractivity contribution in [1.29, 1.82) is 0 Å². The van der Waals surface area contributed by atoms with Gasteiger partial charge in [0.05, 0.1) is 0 Å². The van der Waals surface area contributed by atoms with Crippen LogP contribution in [-0.2, 0) is 11.3 Å². The molecule has 1 unspecified atom stereocenters. The molecule has 1 N–H and O–H groups in total. The number of anilines is 1. The topological polar surface area (TPSA) is 45.2 Å². The van der Waals surface area contributed by atoms with Crippen molar-refractivity contribution in [3.05, 3.63) is 36.0 Å². The Kier molecular flexibility index (Phi) is 4.53. The zero-order valence-corrected chi connectivity index (χ0v) is 12.4. The molecule has 3 rings (SSSR count). The number of carbonyl (C=O) groups is 1. The summed E-state index contributed by atoms with van der Waals surface area (Å²) >= 11 is 0. The van der Waals surface area contributed by atoms with E-state index in [1.54, 1.807) is 0 Å². The van der Waals surface area contributed by atoms with Crippen LogP contribution in [0.15, 0.2) is 30.5 Å². The van der Waals surface area contributed by atoms with Crippen LogP contribution in [0, 0.1) is 5.92 Å². The molecule has 1 aliphatic carbocycles. The van der Waals surface area contributed by atoms with Gasteiger partial charge in [0.2, 0.25) is 5.91 Å². The van der Waals surface area contributed by atoms with Crippen LogP contribution in [0.25, 0.3) is 0 Å². The molecule has 21 heavy (non-hydrogen) atoms. The van der Waals surface area contributed by atoms with E-state index >= 15 is 0 Å². The van der Waals surface area contributed by atoms with Crippen molar-refractivity contribution >= 4 is 11.7 Å². The minimum absolute atomic E-state index is 0.145. The van der Waals surface area contributed by atoms with Crippen molar-refractivity contribution in [1.82, 2.24) is 10.3 Å². The third kappa shape index (κ3) is 3.63. The highest BCUT2D eigenvalue weighted by atomic mass is 16.1. The number of nitrogens with one attached hydrogen (secondary N) is 1. The first-order chi connectivity index (χ1) is 10.3. The molecule has 112 valence electrons. The van der Waals surface area contributed by atoms with E-state index < -0.39 is 0 Å². The Bertz CT molecular complexity index is 503. The number of allylic oxidation sites excluding steroid dienone is 2. The van der Waals surface area contributed by atoms with Gasteiger partial charge >= 0.3 is 0 Å². The predicted octanol–water partition coefficient (Wildman–Crippen LogP) is 2.65. The van der Waals surface area contributed by atoms with Gasteiger partial charge < -0.3 is 10.2 Å². The molecule has 0 aromatic carbocycles. The average Bonchev–Trinajstić information content (AvgIpc) is 3.08. The van der Waals surface area contributed by atoms with Crippen molar-refractivity contribution in [2.45, 2.75) is 38.6 Å². The highest BCUT2D eigenvalue weighted by molar-refractivity contribution is 5.78. The number of hydrogen-bond donors (Lipinski definition) is 1. The fraction of sp³-hybridized carbons (Fsp3) is 0.529. The fourth-order valence-electron chi connectivity index (χ4n) is 3.02. The van der Waals surface area contributed by atoms with Gasteiger partial charge in [0.25, 0.3) is 0 Å². The maximum absolute atomic E-state index is 12.1. The maximum atomic E-state index is 12.1. The lowest BCUT2D eigenvalue weighted by Crippen LogP contribution is -2.30. The minimum Gasteiger partial charge on any atom is -0.357 e. The van der Waals surface area contributed by atoms with Gasteiger partial charge in [-0.3, -0.25) is 4.79 Å². The van der Waals surface area contributed by atoms with Crippen molar-refractivity contribution in [2.75, 3.05) is 18.0 Å². The number of carbonyl (C=O) groups excluding carboxylic acids is 1. The van der Waals surface area contributed by atoms with Crippen LogP contribution in [0.1, 0.15) is 37.7 Å². The Morgan fingerprint density at radius 1 is 1.29 bits per heavy atom. The van der Waals surface area contributed by atoms with Gasteiger partial charge in [-0.15, -0.1) is 0 Å². The summed E-state index contributed by atoms with van der Waals surface area (Å²) in [5.41, 5.74) is 1.07. The van der Waals surface area contributed by atoms with E-state index in [4.69, 9.17) is 0 Å². The highest BCUT2D eigenvalue weighted by Crippen LogP contribution is 2.19. The van der Waals surface area contributed by atoms with Gasteiger partial charge in [0.15, 0.2) is 0 Å². The van der Waals surface area contributed by atoms with E-state index in [2.05, 4.69) is 39.5 Å². The molecule has 1 saturated heterocycles. The van der Waals surface area contributed by atoms with Crippen LogP contribution in [-0.4, -0.2) is 24.0 Å². The standard InChI is InChI=1S/C17H23N3O/c21-17(15-6-2-1-3-7-15)19-13-14-8-9-16(18-12-14)20-10-4-5-11-20/h1-2,8-9,12,15H,3-7,10-11,13H2,(H,19,21). The third-order valence-corrected chi connectivity index (χ3v) is 4.35. The number of nitrogens with zero attached hydrogens (tertiary/aromatic N) is 2. The first-order valence-electron chi connectivity index (χ1n) is 7.95. The summed E-state index contributed by atoms with van der Waals surface area (Å²) in [7, 11) is 0. The molecule has 1 atom stereocenters. The van der Waals surface area contributed by atoms with E-state index in [0.29, 0.717) is 6.54 Å². The number of pyridine rings is 1. The summed E-state index contributed by atoms with van der Waals surface area (Å²) in [6.45, 7) is 2.79. The van der Waals surface area contributed by atoms with Crippen LogP contribution >= 0.6 is 0 Å². The van der Waals surface area contributed by atoms with Crippen molar-refractivity contribution in [2.24, 2.45) is 5.92 Å². The summed E-state index contributed by atoms with van der Waals surface area (Å²) < 4.78 is 0. The van der Waals surface area contributed by atoms with E-state index in [0.717, 1.165) is 43.7 Å². The highest BCUT2D eigenvalue weighted by Gasteiger charge is 2.18. The van der Waals surface area contributed by atoms with Gasteiger partial charge in [0.1, 0.15) is 5.82 Å². The lowest BCUT2D eigenvalue weighted by Gasteiger charge is -2.18. The molecule has 1 amide bonds. The zero-order chi connectivity index (χ0) is 14.5. The van der Waals surface area contributed by atoms with Gasteiger partial charge in [-0.1, -0.05) is 18.2 Å². The van der Waals surface area contributed by atoms with Crippen LogP contribution in [0.3, 0.4) is 0 Å². The normalized spacial score (nSPS) is 21.5. The molecule has 0 saturated carbocycles. The van der Waals surface area contributed by atoms with Gasteiger partial charge in [-0.05, 0) is 43.7 Å². The number of rotatable bonds is 4. The molecule has 0 radical (unpaired) electrons. The third-order valence-electron chi connectivity index (χ3n) is 4.35. The molecule has 4 heteroatoms. The SMILES string of the molecule is O=C(NCc1ccc(N2CCCC2)nc1)C1CC=CCC1. The molecular formula is C17H23N3O. The smallest absolute Gasteiger partial charge is 0.223 e. The number of amides is 1. The second-order valence-corrected chi connectivity index (χ2v) is 5.92. The summed E-state index contributed by atoms with van der Waals surface area (Å²) in [6.07, 6.45) is 11.5. The Morgan fingerprint density at radius 2 is 2.14 bits per heavy atom. The molecule has 1 fully saturated rings. The van der Waals surface area contributed by atoms with E-state index in [1.165, 1.54) is 12.8 Å². The second kappa shape index (κ2) is 6.74. The molecule has 0 bridgehead atoms.